The van der Waals surface area contributed by atoms with Gasteiger partial charge in [0.2, 0.25) is 5.91 Å². The lowest BCUT2D eigenvalue weighted by molar-refractivity contribution is -0.123. The van der Waals surface area contributed by atoms with E-state index in [9.17, 15) is 4.79 Å². The van der Waals surface area contributed by atoms with Gasteiger partial charge in [0.05, 0.1) is 5.41 Å². The fourth-order valence-electron chi connectivity index (χ4n) is 2.81. The second-order valence-electron chi connectivity index (χ2n) is 5.36. The van der Waals surface area contributed by atoms with Gasteiger partial charge in [0.25, 0.3) is 0 Å². The van der Waals surface area contributed by atoms with Crippen LogP contribution in [0.4, 0.5) is 0 Å². The molecule has 0 spiro atoms. The first-order valence-corrected chi connectivity index (χ1v) is 6.59. The fourth-order valence-corrected chi connectivity index (χ4v) is 2.81. The summed E-state index contributed by atoms with van der Waals surface area (Å²) in [5.74, 6) is 0.615. The van der Waals surface area contributed by atoms with Crippen molar-refractivity contribution >= 4 is 5.91 Å². The Kier molecular flexibility index (Phi) is 3.71. The minimum absolute atomic E-state index is 0.183. The molecule has 0 aliphatic heterocycles. The number of nitrogens with zero attached hydrogens (tertiary/aromatic N) is 1. The third-order valence-corrected chi connectivity index (χ3v) is 3.72. The van der Waals surface area contributed by atoms with E-state index in [4.69, 9.17) is 0 Å². The maximum Gasteiger partial charge on any atom is 0.230 e. The van der Waals surface area contributed by atoms with Crippen LogP contribution in [0.3, 0.4) is 0 Å². The minimum Gasteiger partial charge on any atom is -0.356 e. The molecule has 1 aliphatic carbocycles. The van der Waals surface area contributed by atoms with E-state index in [0.717, 1.165) is 18.5 Å². The molecule has 0 aromatic heterocycles. The maximum atomic E-state index is 12.4. The van der Waals surface area contributed by atoms with Gasteiger partial charge < -0.3 is 10.2 Å². The molecule has 1 N–H and O–H groups in total. The van der Waals surface area contributed by atoms with Gasteiger partial charge in [-0.15, -0.1) is 0 Å². The molecule has 0 radical (unpaired) electrons. The molecule has 1 aromatic carbocycles. The number of nitrogens with one attached hydrogen (secondary N) is 1. The standard InChI is InChI=1S/C15H22N2O/c1-4-16-14(18)15(10-13(15)11-17(2)3)12-8-6-5-7-9-12/h5-9,13H,4,10-11H2,1-3H3,(H,16,18)/t13-,15+/m1/s1. The van der Waals surface area contributed by atoms with Crippen molar-refractivity contribution in [1.82, 2.24) is 10.2 Å². The number of carbonyl (C=O) groups is 1. The molecular formula is C15H22N2O. The van der Waals surface area contributed by atoms with Gasteiger partial charge in [-0.3, -0.25) is 4.79 Å². The predicted octanol–water partition coefficient (Wildman–Crippen LogP) is 1.64. The van der Waals surface area contributed by atoms with E-state index in [-0.39, 0.29) is 11.3 Å². The first kappa shape index (κ1) is 13.1. The molecule has 2 atom stereocenters. The van der Waals surface area contributed by atoms with Gasteiger partial charge in [-0.05, 0) is 38.9 Å². The molecule has 1 aromatic rings. The third-order valence-electron chi connectivity index (χ3n) is 3.72. The number of amides is 1. The van der Waals surface area contributed by atoms with Crippen LogP contribution in [0.5, 0.6) is 0 Å². The van der Waals surface area contributed by atoms with E-state index in [1.54, 1.807) is 0 Å². The SMILES string of the molecule is CCNC(=O)[C@]1(c2ccccc2)C[C@@H]1CN(C)C. The Bertz CT molecular complexity index is 416. The van der Waals surface area contributed by atoms with Gasteiger partial charge >= 0.3 is 0 Å². The molecule has 0 heterocycles. The number of hydrogen-bond donors (Lipinski definition) is 1. The molecule has 3 heteroatoms. The van der Waals surface area contributed by atoms with Crippen molar-refractivity contribution in [3.05, 3.63) is 35.9 Å². The summed E-state index contributed by atoms with van der Waals surface area (Å²) in [5.41, 5.74) is 0.865. The second-order valence-corrected chi connectivity index (χ2v) is 5.36. The van der Waals surface area contributed by atoms with Gasteiger partial charge in [-0.1, -0.05) is 30.3 Å². The third kappa shape index (κ3) is 2.27. The number of hydrogen-bond acceptors (Lipinski definition) is 2. The number of benzene rings is 1. The van der Waals surface area contributed by atoms with Crippen molar-refractivity contribution in [2.24, 2.45) is 5.92 Å². The topological polar surface area (TPSA) is 32.3 Å². The highest BCUT2D eigenvalue weighted by atomic mass is 16.2. The zero-order valence-electron chi connectivity index (χ0n) is 11.4. The van der Waals surface area contributed by atoms with Gasteiger partial charge in [-0.2, -0.15) is 0 Å². The summed E-state index contributed by atoms with van der Waals surface area (Å²) in [6, 6.07) is 10.2. The Hall–Kier alpha value is -1.35. The van der Waals surface area contributed by atoms with Crippen LogP contribution in [0.1, 0.15) is 18.9 Å². The Morgan fingerprint density at radius 1 is 1.39 bits per heavy atom. The van der Waals surface area contributed by atoms with Crippen LogP contribution < -0.4 is 5.32 Å². The Morgan fingerprint density at radius 2 is 2.06 bits per heavy atom. The second kappa shape index (κ2) is 5.11. The average molecular weight is 246 g/mol. The van der Waals surface area contributed by atoms with E-state index in [0.29, 0.717) is 12.5 Å². The molecule has 98 valence electrons. The molecule has 1 amide bonds. The number of carbonyl (C=O) groups excluding carboxylic acids is 1. The van der Waals surface area contributed by atoms with Crippen LogP contribution in [-0.2, 0) is 10.2 Å². The molecule has 0 saturated heterocycles. The smallest absolute Gasteiger partial charge is 0.230 e. The average Bonchev–Trinajstić information content (AvgIpc) is 3.05. The molecule has 1 saturated carbocycles. The molecule has 3 nitrogen and oxygen atoms in total. The van der Waals surface area contributed by atoms with Crippen molar-refractivity contribution in [3.63, 3.8) is 0 Å². The molecule has 1 fully saturated rings. The zero-order chi connectivity index (χ0) is 13.2. The number of rotatable bonds is 5. The normalized spacial score (nSPS) is 26.1. The van der Waals surface area contributed by atoms with Crippen LogP contribution in [0.2, 0.25) is 0 Å². The molecular weight excluding hydrogens is 224 g/mol. The van der Waals surface area contributed by atoms with Crippen molar-refractivity contribution in [3.8, 4) is 0 Å². The number of likely N-dealkylation sites (N-methyl/N-ethyl adjacent to an activating group) is 1. The molecule has 2 rings (SSSR count). The first-order valence-electron chi connectivity index (χ1n) is 6.59. The minimum atomic E-state index is -0.290. The highest BCUT2D eigenvalue weighted by Crippen LogP contribution is 2.54. The van der Waals surface area contributed by atoms with Crippen LogP contribution in [0.25, 0.3) is 0 Å². The maximum absolute atomic E-state index is 12.4. The van der Waals surface area contributed by atoms with E-state index < -0.39 is 0 Å². The van der Waals surface area contributed by atoms with E-state index in [1.807, 2.05) is 25.1 Å². The monoisotopic (exact) mass is 246 g/mol. The van der Waals surface area contributed by atoms with Gasteiger partial charge in [-0.25, -0.2) is 0 Å². The highest BCUT2D eigenvalue weighted by Gasteiger charge is 2.60. The van der Waals surface area contributed by atoms with E-state index in [2.05, 4.69) is 36.4 Å². The summed E-state index contributed by atoms with van der Waals surface area (Å²) in [6.45, 7) is 3.63. The van der Waals surface area contributed by atoms with Crippen molar-refractivity contribution in [1.29, 1.82) is 0 Å². The lowest BCUT2D eigenvalue weighted by Crippen LogP contribution is -2.37. The van der Waals surface area contributed by atoms with Crippen molar-refractivity contribution < 1.29 is 4.79 Å². The van der Waals surface area contributed by atoms with Gasteiger partial charge in [0.1, 0.15) is 0 Å². The quantitative estimate of drug-likeness (QED) is 0.856. The Labute approximate surface area is 109 Å². The van der Waals surface area contributed by atoms with Crippen molar-refractivity contribution in [2.45, 2.75) is 18.8 Å². The highest BCUT2D eigenvalue weighted by molar-refractivity contribution is 5.92. The first-order chi connectivity index (χ1) is 8.61. The van der Waals surface area contributed by atoms with Crippen LogP contribution >= 0.6 is 0 Å². The summed E-state index contributed by atoms with van der Waals surface area (Å²) in [7, 11) is 4.12. The summed E-state index contributed by atoms with van der Waals surface area (Å²) < 4.78 is 0. The van der Waals surface area contributed by atoms with E-state index in [1.165, 1.54) is 0 Å². The summed E-state index contributed by atoms with van der Waals surface area (Å²) in [5, 5.41) is 2.99. The molecule has 0 unspecified atom stereocenters. The largest absolute Gasteiger partial charge is 0.356 e. The van der Waals surface area contributed by atoms with E-state index >= 15 is 0 Å². The lowest BCUT2D eigenvalue weighted by Gasteiger charge is -2.19. The Balaban J connectivity index is 2.24. The molecule has 18 heavy (non-hydrogen) atoms. The lowest BCUT2D eigenvalue weighted by atomic mass is 9.92. The fraction of sp³-hybridized carbons (Fsp3) is 0.533. The van der Waals surface area contributed by atoms with Crippen molar-refractivity contribution in [2.75, 3.05) is 27.2 Å². The summed E-state index contributed by atoms with van der Waals surface area (Å²) >= 11 is 0. The summed E-state index contributed by atoms with van der Waals surface area (Å²) in [4.78, 5) is 14.6. The summed E-state index contributed by atoms with van der Waals surface area (Å²) in [6.07, 6.45) is 0.959. The van der Waals surface area contributed by atoms with Crippen LogP contribution in [0, 0.1) is 5.92 Å². The van der Waals surface area contributed by atoms with Crippen LogP contribution in [-0.4, -0.2) is 38.0 Å². The van der Waals surface area contributed by atoms with Gasteiger partial charge in [0, 0.05) is 13.1 Å². The zero-order valence-corrected chi connectivity index (χ0v) is 11.4. The van der Waals surface area contributed by atoms with Crippen LogP contribution in [0.15, 0.2) is 30.3 Å². The van der Waals surface area contributed by atoms with Gasteiger partial charge in [0.15, 0.2) is 0 Å². The molecule has 0 bridgehead atoms. The molecule has 1 aliphatic rings. The Morgan fingerprint density at radius 3 is 2.61 bits per heavy atom. The predicted molar refractivity (Wildman–Crippen MR) is 73.5 cm³/mol.